The minimum Gasteiger partial charge on any atom is -0.382 e. The van der Waals surface area contributed by atoms with Crippen LogP contribution in [0.15, 0.2) is 39.8 Å². The number of rotatable bonds is 3. The van der Waals surface area contributed by atoms with Crippen LogP contribution in [0.4, 0.5) is 13.2 Å². The Morgan fingerprint density at radius 1 is 1.30 bits per heavy atom. The molecule has 0 spiro atoms. The van der Waals surface area contributed by atoms with Gasteiger partial charge in [-0.15, -0.1) is 0 Å². The Balaban J connectivity index is 2.22. The Hall–Kier alpha value is -0.990. The summed E-state index contributed by atoms with van der Waals surface area (Å²) in [6, 6.07) is 5.61. The van der Waals surface area contributed by atoms with E-state index in [4.69, 9.17) is 0 Å². The number of aryl methyl sites for hydroxylation is 1. The van der Waals surface area contributed by atoms with Crippen LogP contribution in [-0.4, -0.2) is 20.4 Å². The smallest absolute Gasteiger partial charge is 0.382 e. The molecule has 0 saturated heterocycles. The average Bonchev–Trinajstić information content (AvgIpc) is 2.67. The molecule has 8 heteroatoms. The number of thioether (sulfide) groups is 1. The third kappa shape index (κ3) is 3.56. The minimum absolute atomic E-state index is 0.0810. The first-order valence-electron chi connectivity index (χ1n) is 5.49. The molecule has 0 radical (unpaired) electrons. The van der Waals surface area contributed by atoms with Crippen molar-refractivity contribution in [2.24, 2.45) is 7.05 Å². The summed E-state index contributed by atoms with van der Waals surface area (Å²) in [6.07, 6.45) is 0.591. The fourth-order valence-electron chi connectivity index (χ4n) is 1.74. The quantitative estimate of drug-likeness (QED) is 0.837. The molecule has 2 aromatic rings. The summed E-state index contributed by atoms with van der Waals surface area (Å²) in [4.78, 5) is 0.0810. The molecule has 0 aliphatic heterocycles. The van der Waals surface area contributed by atoms with Crippen molar-refractivity contribution in [2.75, 3.05) is 0 Å². The Morgan fingerprint density at radius 2 is 1.90 bits per heavy atom. The second kappa shape index (κ2) is 5.79. The zero-order valence-electron chi connectivity index (χ0n) is 10.2. The van der Waals surface area contributed by atoms with Crippen molar-refractivity contribution in [3.05, 3.63) is 46.2 Å². The third-order valence-electron chi connectivity index (χ3n) is 2.63. The van der Waals surface area contributed by atoms with Crippen LogP contribution < -0.4 is 0 Å². The molecule has 1 heterocycles. The number of halogens is 4. The van der Waals surface area contributed by atoms with E-state index in [1.807, 2.05) is 0 Å². The Kier molecular flexibility index (Phi) is 4.46. The van der Waals surface area contributed by atoms with Gasteiger partial charge < -0.3 is 5.11 Å². The lowest BCUT2D eigenvalue weighted by Gasteiger charge is -2.13. The van der Waals surface area contributed by atoms with E-state index in [-0.39, 0.29) is 16.7 Å². The van der Waals surface area contributed by atoms with Crippen molar-refractivity contribution in [1.29, 1.82) is 0 Å². The molecule has 1 N–H and O–H groups in total. The van der Waals surface area contributed by atoms with Gasteiger partial charge in [0.05, 0.1) is 16.4 Å². The summed E-state index contributed by atoms with van der Waals surface area (Å²) >= 11 is 3.09. The van der Waals surface area contributed by atoms with Gasteiger partial charge in [-0.05, 0) is 45.4 Å². The second-order valence-electron chi connectivity index (χ2n) is 4.02. The van der Waals surface area contributed by atoms with E-state index in [9.17, 15) is 18.3 Å². The number of aliphatic hydroxyl groups is 1. The maximum Gasteiger partial charge on any atom is 0.446 e. The molecule has 0 fully saturated rings. The van der Waals surface area contributed by atoms with Gasteiger partial charge in [-0.3, -0.25) is 4.68 Å². The second-order valence-corrected chi connectivity index (χ2v) is 6.01. The van der Waals surface area contributed by atoms with Crippen molar-refractivity contribution in [2.45, 2.75) is 16.5 Å². The summed E-state index contributed by atoms with van der Waals surface area (Å²) < 4.78 is 38.8. The van der Waals surface area contributed by atoms with Gasteiger partial charge in [0.1, 0.15) is 6.10 Å². The zero-order valence-corrected chi connectivity index (χ0v) is 12.6. The Bertz CT molecular complexity index is 578. The predicted octanol–water partition coefficient (Wildman–Crippen LogP) is 3.88. The van der Waals surface area contributed by atoms with E-state index in [2.05, 4.69) is 21.0 Å². The molecule has 1 atom stereocenters. The molecule has 0 amide bonds. The van der Waals surface area contributed by atoms with Gasteiger partial charge in [-0.1, -0.05) is 12.1 Å². The van der Waals surface area contributed by atoms with E-state index in [1.54, 1.807) is 13.2 Å². The highest BCUT2D eigenvalue weighted by Crippen LogP contribution is 2.37. The van der Waals surface area contributed by atoms with Gasteiger partial charge in [0.25, 0.3) is 0 Å². The Labute approximate surface area is 125 Å². The molecule has 0 bridgehead atoms. The van der Waals surface area contributed by atoms with E-state index in [0.29, 0.717) is 15.7 Å². The topological polar surface area (TPSA) is 38.0 Å². The van der Waals surface area contributed by atoms with Crippen LogP contribution in [-0.2, 0) is 7.05 Å². The van der Waals surface area contributed by atoms with Crippen molar-refractivity contribution >= 4 is 27.7 Å². The van der Waals surface area contributed by atoms with Gasteiger partial charge in [-0.25, -0.2) is 0 Å². The van der Waals surface area contributed by atoms with Crippen molar-refractivity contribution in [3.8, 4) is 0 Å². The highest BCUT2D eigenvalue weighted by Gasteiger charge is 2.29. The summed E-state index contributed by atoms with van der Waals surface area (Å²) in [5, 5.41) is 14.2. The van der Waals surface area contributed by atoms with Crippen LogP contribution >= 0.6 is 27.7 Å². The fraction of sp³-hybridized carbons (Fsp3) is 0.250. The van der Waals surface area contributed by atoms with Gasteiger partial charge >= 0.3 is 5.51 Å². The number of nitrogens with zero attached hydrogens (tertiary/aromatic N) is 2. The number of aliphatic hydroxyl groups excluding tert-OH is 1. The van der Waals surface area contributed by atoms with E-state index < -0.39 is 11.6 Å². The molecular formula is C12H10BrF3N2OS. The molecule has 1 unspecified atom stereocenters. The van der Waals surface area contributed by atoms with E-state index in [0.717, 1.165) is 0 Å². The molecule has 1 aromatic carbocycles. The maximum absolute atomic E-state index is 12.2. The first-order valence-corrected chi connectivity index (χ1v) is 7.10. The molecule has 1 aromatic heterocycles. The van der Waals surface area contributed by atoms with Gasteiger partial charge in [0.15, 0.2) is 0 Å². The summed E-state index contributed by atoms with van der Waals surface area (Å²) in [5.74, 6) is 0. The Morgan fingerprint density at radius 3 is 2.35 bits per heavy atom. The molecule has 0 aliphatic rings. The standard InChI is InChI=1S/C12H10BrF3N2OS/c1-18-10(9(13)6-17-18)11(19)7-2-4-8(5-3-7)20-12(14,15)16/h2-6,11,19H,1H3. The fourth-order valence-corrected chi connectivity index (χ4v) is 2.84. The number of hydrogen-bond acceptors (Lipinski definition) is 3. The number of aromatic nitrogens is 2. The molecule has 0 saturated carbocycles. The molecule has 3 nitrogen and oxygen atoms in total. The molecule has 108 valence electrons. The average molecular weight is 367 g/mol. The van der Waals surface area contributed by atoms with Crippen molar-refractivity contribution < 1.29 is 18.3 Å². The third-order valence-corrected chi connectivity index (χ3v) is 3.98. The van der Waals surface area contributed by atoms with Crippen LogP contribution in [0.1, 0.15) is 17.4 Å². The molecule has 0 aliphatic carbocycles. The minimum atomic E-state index is -4.31. The summed E-state index contributed by atoms with van der Waals surface area (Å²) in [6.45, 7) is 0. The number of benzene rings is 1. The first kappa shape index (κ1) is 15.4. The van der Waals surface area contributed by atoms with Crippen LogP contribution in [0.5, 0.6) is 0 Å². The summed E-state index contributed by atoms with van der Waals surface area (Å²) in [5.41, 5.74) is -3.27. The highest BCUT2D eigenvalue weighted by molar-refractivity contribution is 9.10. The van der Waals surface area contributed by atoms with Crippen LogP contribution in [0.25, 0.3) is 0 Å². The monoisotopic (exact) mass is 366 g/mol. The lowest BCUT2D eigenvalue weighted by Crippen LogP contribution is -2.07. The number of alkyl halides is 3. The molecule has 2 rings (SSSR count). The van der Waals surface area contributed by atoms with Crippen LogP contribution in [0.2, 0.25) is 0 Å². The van der Waals surface area contributed by atoms with E-state index in [1.165, 1.54) is 28.9 Å². The molecule has 20 heavy (non-hydrogen) atoms. The predicted molar refractivity (Wildman–Crippen MR) is 73.3 cm³/mol. The largest absolute Gasteiger partial charge is 0.446 e. The normalized spacial score (nSPS) is 13.5. The van der Waals surface area contributed by atoms with Gasteiger partial charge in [0.2, 0.25) is 0 Å². The van der Waals surface area contributed by atoms with Gasteiger partial charge in [-0.2, -0.15) is 18.3 Å². The SMILES string of the molecule is Cn1ncc(Br)c1C(O)c1ccc(SC(F)(F)F)cc1. The zero-order chi connectivity index (χ0) is 14.9. The van der Waals surface area contributed by atoms with Crippen LogP contribution in [0, 0.1) is 0 Å². The maximum atomic E-state index is 12.2. The number of hydrogen-bond donors (Lipinski definition) is 1. The highest BCUT2D eigenvalue weighted by atomic mass is 79.9. The molecular weight excluding hydrogens is 357 g/mol. The lowest BCUT2D eigenvalue weighted by atomic mass is 10.1. The van der Waals surface area contributed by atoms with Gasteiger partial charge in [0, 0.05) is 11.9 Å². The van der Waals surface area contributed by atoms with Crippen molar-refractivity contribution in [1.82, 2.24) is 9.78 Å². The summed E-state index contributed by atoms with van der Waals surface area (Å²) in [7, 11) is 1.68. The first-order chi connectivity index (χ1) is 9.28. The van der Waals surface area contributed by atoms with Crippen molar-refractivity contribution in [3.63, 3.8) is 0 Å². The van der Waals surface area contributed by atoms with Crippen LogP contribution in [0.3, 0.4) is 0 Å². The van der Waals surface area contributed by atoms with E-state index >= 15 is 0 Å². The lowest BCUT2D eigenvalue weighted by molar-refractivity contribution is -0.0328.